The molecule has 1 aliphatic carbocycles. The highest BCUT2D eigenvalue weighted by Crippen LogP contribution is 2.06. The van der Waals surface area contributed by atoms with Crippen LogP contribution >= 0.6 is 0 Å². The monoisotopic (exact) mass is 327 g/mol. The van der Waals surface area contributed by atoms with Crippen LogP contribution in [0.3, 0.4) is 0 Å². The molecular weight excluding hydrogens is 306 g/mol. The van der Waals surface area contributed by atoms with Crippen molar-refractivity contribution in [2.24, 2.45) is 0 Å². The molecule has 126 valence electrons. The number of hydrogen-bond donors (Lipinski definition) is 1. The number of aryl methyl sites for hydroxylation is 1. The molecule has 0 unspecified atom stereocenters. The highest BCUT2D eigenvalue weighted by Gasteiger charge is 1.95. The van der Waals surface area contributed by atoms with Gasteiger partial charge < -0.3 is 10.1 Å². The van der Waals surface area contributed by atoms with Gasteiger partial charge in [0.15, 0.2) is 0 Å². The lowest BCUT2D eigenvalue weighted by Gasteiger charge is -2.02. The van der Waals surface area contributed by atoms with Gasteiger partial charge >= 0.3 is 12.1 Å². The van der Waals surface area contributed by atoms with Crippen molar-refractivity contribution >= 4 is 17.8 Å². The molecule has 0 aromatic heterocycles. The molecule has 0 amide bonds. The second-order valence-corrected chi connectivity index (χ2v) is 4.73. The van der Waals surface area contributed by atoms with E-state index in [2.05, 4.69) is 25.6 Å². The molecule has 1 aromatic carbocycles. The summed E-state index contributed by atoms with van der Waals surface area (Å²) in [5.74, 6) is -0.237. The Kier molecular flexibility index (Phi) is 10.9. The second-order valence-electron chi connectivity index (χ2n) is 4.73. The van der Waals surface area contributed by atoms with Crippen molar-refractivity contribution in [3.63, 3.8) is 0 Å². The van der Waals surface area contributed by atoms with E-state index in [0.717, 1.165) is 17.6 Å². The van der Waals surface area contributed by atoms with Crippen molar-refractivity contribution in [2.75, 3.05) is 0 Å². The van der Waals surface area contributed by atoms with Crippen LogP contribution in [-0.2, 0) is 32.1 Å². The highest BCUT2D eigenvalue weighted by atomic mass is 16.5. The maximum atomic E-state index is 10.5. The fraction of sp³-hybridized carbons (Fsp3) is 0.211. The molecule has 1 N–H and O–H groups in total. The maximum Gasteiger partial charge on any atom is 0.373 e. The molecule has 0 heterocycles. The van der Waals surface area contributed by atoms with Gasteiger partial charge in [0.1, 0.15) is 6.61 Å². The van der Waals surface area contributed by atoms with E-state index in [1.807, 2.05) is 24.3 Å². The van der Waals surface area contributed by atoms with E-state index in [1.54, 1.807) is 12.2 Å². The van der Waals surface area contributed by atoms with Gasteiger partial charge in [-0.15, -0.1) is 0 Å². The molecule has 0 aliphatic heterocycles. The molecule has 0 radical (unpaired) electrons. The highest BCUT2D eigenvalue weighted by molar-refractivity contribution is 6.03. The molecule has 0 atom stereocenters. The first-order chi connectivity index (χ1) is 11.4. The molecule has 0 fully saturated rings. The van der Waals surface area contributed by atoms with Gasteiger partial charge in [-0.25, -0.2) is 0 Å². The van der Waals surface area contributed by atoms with Crippen LogP contribution in [0.5, 0.6) is 0 Å². The summed E-state index contributed by atoms with van der Waals surface area (Å²) in [5, 5.41) is 7.06. The van der Waals surface area contributed by atoms with Gasteiger partial charge in [0, 0.05) is 6.92 Å². The first-order valence-corrected chi connectivity index (χ1v) is 7.27. The van der Waals surface area contributed by atoms with Crippen LogP contribution in [0, 0.1) is 5.41 Å². The van der Waals surface area contributed by atoms with E-state index in [9.17, 15) is 4.79 Å². The molecule has 1 aromatic rings. The quantitative estimate of drug-likeness (QED) is 0.862. The summed E-state index contributed by atoms with van der Waals surface area (Å²) in [7, 11) is 0. The number of hydrogen-bond acceptors (Lipinski definition) is 5. The third-order valence-corrected chi connectivity index (χ3v) is 2.83. The zero-order valence-corrected chi connectivity index (χ0v) is 13.9. The van der Waals surface area contributed by atoms with Crippen molar-refractivity contribution in [1.82, 2.24) is 0 Å². The number of benzene rings is 1. The van der Waals surface area contributed by atoms with Crippen LogP contribution in [0.4, 0.5) is 0 Å². The first kappa shape index (κ1) is 21.0. The number of rotatable bonds is 3. The topological polar surface area (TPSA) is 84.3 Å². The third kappa shape index (κ3) is 10.7. The minimum atomic E-state index is -0.237. The van der Waals surface area contributed by atoms with E-state index in [4.69, 9.17) is 19.7 Å². The second kappa shape index (κ2) is 12.5. The smallest absolute Gasteiger partial charge is 0.373 e. The van der Waals surface area contributed by atoms with Crippen LogP contribution in [0.15, 0.2) is 60.7 Å². The Bertz CT molecular complexity index is 610. The SMILES string of the molecule is C=C1C=CC(=N)C=C1.CCc1ccc(COC(C)=O)cc1.O=C=O. The van der Waals surface area contributed by atoms with Crippen molar-refractivity contribution in [3.8, 4) is 0 Å². The maximum absolute atomic E-state index is 10.5. The fourth-order valence-electron chi connectivity index (χ4n) is 1.56. The molecule has 24 heavy (non-hydrogen) atoms. The van der Waals surface area contributed by atoms with E-state index in [0.29, 0.717) is 12.3 Å². The van der Waals surface area contributed by atoms with E-state index in [1.165, 1.54) is 12.5 Å². The molecular formula is C19H21NO4. The summed E-state index contributed by atoms with van der Waals surface area (Å²) in [5.41, 5.74) is 3.83. The molecule has 2 rings (SSSR count). The van der Waals surface area contributed by atoms with Crippen LogP contribution in [0.25, 0.3) is 0 Å². The largest absolute Gasteiger partial charge is 0.461 e. The number of carbonyl (C=O) groups is 1. The van der Waals surface area contributed by atoms with Crippen LogP contribution in [-0.4, -0.2) is 17.8 Å². The lowest BCUT2D eigenvalue weighted by molar-refractivity contribution is -0.191. The Labute approximate surface area is 141 Å². The predicted octanol–water partition coefficient (Wildman–Crippen LogP) is 3.42. The lowest BCUT2D eigenvalue weighted by atomic mass is 10.1. The summed E-state index contributed by atoms with van der Waals surface area (Å²) >= 11 is 0. The Balaban J connectivity index is 0.000000409. The first-order valence-electron chi connectivity index (χ1n) is 7.27. The normalized spacial score (nSPS) is 11.4. The summed E-state index contributed by atoms with van der Waals surface area (Å²) < 4.78 is 4.86. The van der Waals surface area contributed by atoms with E-state index in [-0.39, 0.29) is 12.1 Å². The summed E-state index contributed by atoms with van der Waals surface area (Å²) in [6.45, 7) is 7.58. The summed E-state index contributed by atoms with van der Waals surface area (Å²) in [6, 6.07) is 8.08. The van der Waals surface area contributed by atoms with E-state index < -0.39 is 0 Å². The molecule has 1 aliphatic rings. The summed E-state index contributed by atoms with van der Waals surface area (Å²) in [4.78, 5) is 26.8. The van der Waals surface area contributed by atoms with Crippen LogP contribution in [0.2, 0.25) is 0 Å². The van der Waals surface area contributed by atoms with Gasteiger partial charge in [0.25, 0.3) is 0 Å². The average Bonchev–Trinajstić information content (AvgIpc) is 2.57. The van der Waals surface area contributed by atoms with Gasteiger partial charge in [-0.1, -0.05) is 49.9 Å². The van der Waals surface area contributed by atoms with Crippen molar-refractivity contribution < 1.29 is 19.1 Å². The molecule has 0 bridgehead atoms. The predicted molar refractivity (Wildman–Crippen MR) is 91.4 cm³/mol. The summed E-state index contributed by atoms with van der Waals surface area (Å²) in [6.07, 6.45) is 8.38. The number of carbonyl (C=O) groups excluding carboxylic acids is 3. The zero-order chi connectivity index (χ0) is 18.4. The lowest BCUT2D eigenvalue weighted by Crippen LogP contribution is -1.98. The number of esters is 1. The molecule has 0 spiro atoms. The van der Waals surface area contributed by atoms with Gasteiger partial charge in [0.05, 0.1) is 5.71 Å². The van der Waals surface area contributed by atoms with Crippen molar-refractivity contribution in [2.45, 2.75) is 26.9 Å². The molecule has 5 heteroatoms. The minimum absolute atomic E-state index is 0.237. The Hall–Kier alpha value is -3.04. The Morgan fingerprint density at radius 1 is 1.08 bits per heavy atom. The van der Waals surface area contributed by atoms with Crippen LogP contribution < -0.4 is 0 Å². The zero-order valence-electron chi connectivity index (χ0n) is 13.9. The average molecular weight is 327 g/mol. The van der Waals surface area contributed by atoms with Gasteiger partial charge in [-0.05, 0) is 35.3 Å². The van der Waals surface area contributed by atoms with E-state index >= 15 is 0 Å². The van der Waals surface area contributed by atoms with Gasteiger partial charge in [-0.2, -0.15) is 9.59 Å². The standard InChI is InChI=1S/C11H14O2.C7H7N.CO2/c1-3-10-4-6-11(7-5-10)8-13-9(2)12;1-6-2-4-7(8)5-3-6;2-1-3/h4-7H,3,8H2,1-2H3;2-5,8H,1H2;. The van der Waals surface area contributed by atoms with Crippen LogP contribution in [0.1, 0.15) is 25.0 Å². The number of ether oxygens (including phenoxy) is 1. The molecule has 0 saturated carbocycles. The van der Waals surface area contributed by atoms with Crippen molar-refractivity contribution in [3.05, 3.63) is 71.8 Å². The Morgan fingerprint density at radius 3 is 1.92 bits per heavy atom. The number of allylic oxidation sites excluding steroid dienone is 5. The molecule has 0 saturated heterocycles. The van der Waals surface area contributed by atoms with Gasteiger partial charge in [-0.3, -0.25) is 4.79 Å². The fourth-order valence-corrected chi connectivity index (χ4v) is 1.56. The minimum Gasteiger partial charge on any atom is -0.461 e. The Morgan fingerprint density at radius 2 is 1.54 bits per heavy atom. The number of nitrogens with one attached hydrogen (secondary N) is 1. The third-order valence-electron chi connectivity index (χ3n) is 2.83. The molecule has 5 nitrogen and oxygen atoms in total. The van der Waals surface area contributed by atoms with Crippen molar-refractivity contribution in [1.29, 1.82) is 5.41 Å². The van der Waals surface area contributed by atoms with Gasteiger partial charge in [0.2, 0.25) is 0 Å².